The van der Waals surface area contributed by atoms with Gasteiger partial charge in [0.1, 0.15) is 5.75 Å². The Morgan fingerprint density at radius 3 is 2.20 bits per heavy atom. The molecular weight excluding hydrogens is 282 g/mol. The van der Waals surface area contributed by atoms with Gasteiger partial charge in [-0.3, -0.25) is 9.59 Å². The molecule has 0 unspecified atom stereocenters. The van der Waals surface area contributed by atoms with Crippen molar-refractivity contribution in [3.05, 3.63) is 29.8 Å². The predicted molar refractivity (Wildman–Crippen MR) is 73.1 cm³/mol. The van der Waals surface area contributed by atoms with E-state index in [2.05, 4.69) is 5.32 Å². The third-order valence-corrected chi connectivity index (χ3v) is 4.04. The Labute approximate surface area is 117 Å². The van der Waals surface area contributed by atoms with Crippen LogP contribution in [-0.4, -0.2) is 37.2 Å². The van der Waals surface area contributed by atoms with Gasteiger partial charge in [-0.05, 0) is 31.5 Å². The molecule has 0 aromatic heterocycles. The molecule has 0 radical (unpaired) electrons. The van der Waals surface area contributed by atoms with E-state index in [0.717, 1.165) is 0 Å². The smallest absolute Gasteiger partial charge is 0.307 e. The van der Waals surface area contributed by atoms with Gasteiger partial charge in [0.2, 0.25) is 5.91 Å². The number of amides is 1. The summed E-state index contributed by atoms with van der Waals surface area (Å²) >= 11 is 0. The highest BCUT2D eigenvalue weighted by atomic mass is 32.2. The summed E-state index contributed by atoms with van der Waals surface area (Å²) in [4.78, 5) is 22.0. The number of carboxylic acids is 1. The minimum atomic E-state index is -3.71. The largest absolute Gasteiger partial charge is 0.481 e. The highest BCUT2D eigenvalue weighted by Gasteiger charge is 2.19. The fourth-order valence-corrected chi connectivity index (χ4v) is 2.75. The minimum absolute atomic E-state index is 0.00513. The van der Waals surface area contributed by atoms with E-state index in [9.17, 15) is 18.0 Å². The van der Waals surface area contributed by atoms with Gasteiger partial charge in [0.05, 0.1) is 11.3 Å². The summed E-state index contributed by atoms with van der Waals surface area (Å²) in [7, 11) is -3.71. The molecule has 0 spiro atoms. The monoisotopic (exact) mass is 299 g/mol. The molecule has 0 bridgehead atoms. The second-order valence-corrected chi connectivity index (χ2v) is 6.69. The van der Waals surface area contributed by atoms with Crippen LogP contribution in [0.15, 0.2) is 29.2 Å². The van der Waals surface area contributed by atoms with E-state index in [1.807, 2.05) is 0 Å². The molecule has 6 nitrogen and oxygen atoms in total. The maximum absolute atomic E-state index is 12.0. The van der Waals surface area contributed by atoms with Crippen LogP contribution in [0.3, 0.4) is 0 Å². The molecule has 0 fully saturated rings. The van der Waals surface area contributed by atoms with Gasteiger partial charge in [-0.25, -0.2) is 8.42 Å². The van der Waals surface area contributed by atoms with E-state index in [1.165, 1.54) is 24.3 Å². The Bertz CT molecular complexity index is 590. The summed E-state index contributed by atoms with van der Waals surface area (Å²) in [5.41, 5.74) is 0.503. The van der Waals surface area contributed by atoms with Crippen molar-refractivity contribution in [2.75, 3.05) is 5.75 Å². The van der Waals surface area contributed by atoms with Gasteiger partial charge in [0.15, 0.2) is 9.84 Å². The number of carbonyl (C=O) groups is 2. The quantitative estimate of drug-likeness (QED) is 0.801. The van der Waals surface area contributed by atoms with Crippen LogP contribution in [0.1, 0.15) is 19.4 Å². The van der Waals surface area contributed by atoms with Gasteiger partial charge < -0.3 is 10.4 Å². The maximum atomic E-state index is 12.0. The van der Waals surface area contributed by atoms with Crippen LogP contribution in [0.2, 0.25) is 0 Å². The van der Waals surface area contributed by atoms with Crippen molar-refractivity contribution in [2.45, 2.75) is 31.2 Å². The number of sulfone groups is 1. The van der Waals surface area contributed by atoms with Gasteiger partial charge in [-0.1, -0.05) is 12.1 Å². The Hall–Kier alpha value is -1.89. The second kappa shape index (κ2) is 6.51. The van der Waals surface area contributed by atoms with Crippen molar-refractivity contribution >= 4 is 21.7 Å². The lowest BCUT2D eigenvalue weighted by Gasteiger charge is -2.09. The molecule has 0 aliphatic carbocycles. The average molecular weight is 299 g/mol. The van der Waals surface area contributed by atoms with Crippen molar-refractivity contribution in [1.82, 2.24) is 5.32 Å². The van der Waals surface area contributed by atoms with E-state index in [1.54, 1.807) is 13.8 Å². The van der Waals surface area contributed by atoms with Crippen molar-refractivity contribution in [3.63, 3.8) is 0 Å². The maximum Gasteiger partial charge on any atom is 0.307 e. The summed E-state index contributed by atoms with van der Waals surface area (Å²) in [6.45, 7) is 3.48. The molecule has 1 amide bonds. The van der Waals surface area contributed by atoms with Gasteiger partial charge in [-0.2, -0.15) is 0 Å². The van der Waals surface area contributed by atoms with Gasteiger partial charge >= 0.3 is 5.97 Å². The van der Waals surface area contributed by atoms with Crippen LogP contribution in [0.25, 0.3) is 0 Å². The molecule has 1 aromatic rings. The van der Waals surface area contributed by atoms with Crippen molar-refractivity contribution in [2.24, 2.45) is 0 Å². The zero-order valence-corrected chi connectivity index (χ0v) is 12.1. The summed E-state index contributed by atoms with van der Waals surface area (Å²) in [5, 5.41) is 11.1. The Balaban J connectivity index is 2.82. The third kappa shape index (κ3) is 5.00. The standard InChI is InChI=1S/C13H17NO5S/c1-9(2)14-12(15)8-20(18,19)11-5-3-10(4-6-11)7-13(16)17/h3-6,9H,7-8H2,1-2H3,(H,14,15)(H,16,17). The van der Waals surface area contributed by atoms with Crippen molar-refractivity contribution in [1.29, 1.82) is 0 Å². The average Bonchev–Trinajstić information content (AvgIpc) is 2.26. The highest BCUT2D eigenvalue weighted by molar-refractivity contribution is 7.92. The molecular formula is C13H17NO5S. The van der Waals surface area contributed by atoms with E-state index < -0.39 is 27.5 Å². The molecule has 0 atom stereocenters. The second-order valence-electron chi connectivity index (χ2n) is 4.70. The first-order valence-electron chi connectivity index (χ1n) is 6.03. The van der Waals surface area contributed by atoms with Gasteiger partial charge in [0, 0.05) is 6.04 Å². The number of benzene rings is 1. The van der Waals surface area contributed by atoms with Crippen LogP contribution in [0, 0.1) is 0 Å². The number of rotatable bonds is 6. The topological polar surface area (TPSA) is 101 Å². The number of nitrogens with one attached hydrogen (secondary N) is 1. The Morgan fingerprint density at radius 2 is 1.75 bits per heavy atom. The van der Waals surface area contributed by atoms with E-state index >= 15 is 0 Å². The SMILES string of the molecule is CC(C)NC(=O)CS(=O)(=O)c1ccc(CC(=O)O)cc1. The zero-order chi connectivity index (χ0) is 15.3. The Morgan fingerprint density at radius 1 is 1.20 bits per heavy atom. The summed E-state index contributed by atoms with van der Waals surface area (Å²) in [6.07, 6.45) is -0.172. The minimum Gasteiger partial charge on any atom is -0.481 e. The van der Waals surface area contributed by atoms with Gasteiger partial charge in [-0.15, -0.1) is 0 Å². The molecule has 110 valence electrons. The molecule has 0 aliphatic rings. The van der Waals surface area contributed by atoms with E-state index in [0.29, 0.717) is 5.56 Å². The van der Waals surface area contributed by atoms with Crippen LogP contribution in [-0.2, 0) is 25.8 Å². The molecule has 0 heterocycles. The van der Waals surface area contributed by atoms with Gasteiger partial charge in [0.25, 0.3) is 0 Å². The lowest BCUT2D eigenvalue weighted by Crippen LogP contribution is -2.35. The summed E-state index contributed by atoms with van der Waals surface area (Å²) in [6, 6.07) is 5.37. The molecule has 7 heteroatoms. The fraction of sp³-hybridized carbons (Fsp3) is 0.385. The molecule has 0 saturated heterocycles. The zero-order valence-electron chi connectivity index (χ0n) is 11.3. The number of hydrogen-bond acceptors (Lipinski definition) is 4. The van der Waals surface area contributed by atoms with Crippen LogP contribution in [0.4, 0.5) is 0 Å². The summed E-state index contributed by atoms with van der Waals surface area (Å²) < 4.78 is 24.0. The highest BCUT2D eigenvalue weighted by Crippen LogP contribution is 2.13. The van der Waals surface area contributed by atoms with Crippen molar-refractivity contribution in [3.8, 4) is 0 Å². The first kappa shape index (κ1) is 16.2. The van der Waals surface area contributed by atoms with Crippen LogP contribution < -0.4 is 5.32 Å². The lowest BCUT2D eigenvalue weighted by atomic mass is 10.2. The molecule has 20 heavy (non-hydrogen) atoms. The van der Waals surface area contributed by atoms with E-state index in [4.69, 9.17) is 5.11 Å². The number of carbonyl (C=O) groups excluding carboxylic acids is 1. The first-order chi connectivity index (χ1) is 9.20. The Kier molecular flexibility index (Phi) is 5.26. The molecule has 1 aromatic carbocycles. The summed E-state index contributed by atoms with van der Waals surface area (Å²) in [5.74, 6) is -2.17. The first-order valence-corrected chi connectivity index (χ1v) is 7.69. The van der Waals surface area contributed by atoms with E-state index in [-0.39, 0.29) is 17.4 Å². The van der Waals surface area contributed by atoms with Crippen molar-refractivity contribution < 1.29 is 23.1 Å². The number of carboxylic acid groups (broad SMARTS) is 1. The van der Waals surface area contributed by atoms with Crippen LogP contribution in [0.5, 0.6) is 0 Å². The lowest BCUT2D eigenvalue weighted by molar-refractivity contribution is -0.136. The molecule has 0 saturated carbocycles. The predicted octanol–water partition coefficient (Wildman–Crippen LogP) is 0.612. The molecule has 0 aliphatic heterocycles. The fourth-order valence-electron chi connectivity index (χ4n) is 1.61. The number of hydrogen-bond donors (Lipinski definition) is 2. The van der Waals surface area contributed by atoms with Crippen LogP contribution >= 0.6 is 0 Å². The normalized spacial score (nSPS) is 11.3. The third-order valence-electron chi connectivity index (χ3n) is 2.41. The molecule has 2 N–H and O–H groups in total. The number of aliphatic carboxylic acids is 1. The molecule has 1 rings (SSSR count).